The molecule has 0 N–H and O–H groups in total. The molecule has 1 atom stereocenters. The number of benzene rings is 2. The van der Waals surface area contributed by atoms with E-state index >= 15 is 0 Å². The van der Waals surface area contributed by atoms with Gasteiger partial charge in [-0.05, 0) is 49.8 Å². The Balaban J connectivity index is 2.08. The minimum atomic E-state index is 0.605. The van der Waals surface area contributed by atoms with Crippen LogP contribution >= 0.6 is 0 Å². The maximum absolute atomic E-state index is 2.36. The fraction of sp³-hybridized carbons (Fsp3) is 0.333. The molecule has 0 spiro atoms. The van der Waals surface area contributed by atoms with Crippen molar-refractivity contribution in [2.45, 2.75) is 39.0 Å². The highest BCUT2D eigenvalue weighted by atomic mass is 14.3. The van der Waals surface area contributed by atoms with E-state index < -0.39 is 0 Å². The van der Waals surface area contributed by atoms with Gasteiger partial charge in [0.2, 0.25) is 0 Å². The van der Waals surface area contributed by atoms with Crippen LogP contribution in [-0.4, -0.2) is 0 Å². The van der Waals surface area contributed by atoms with Crippen LogP contribution in [0.1, 0.15) is 46.6 Å². The summed E-state index contributed by atoms with van der Waals surface area (Å²) >= 11 is 0. The van der Waals surface area contributed by atoms with E-state index in [0.717, 1.165) is 0 Å². The number of hydrogen-bond donors (Lipinski definition) is 0. The molecule has 2 aromatic rings. The second-order valence-corrected chi connectivity index (χ2v) is 5.56. The Bertz CT molecular complexity index is 546. The van der Waals surface area contributed by atoms with Crippen molar-refractivity contribution in [3.05, 3.63) is 70.3 Å². The van der Waals surface area contributed by atoms with Gasteiger partial charge in [-0.2, -0.15) is 0 Å². The summed E-state index contributed by atoms with van der Waals surface area (Å²) in [7, 11) is 0. The van der Waals surface area contributed by atoms with E-state index in [4.69, 9.17) is 0 Å². The van der Waals surface area contributed by atoms with Gasteiger partial charge in [0.05, 0.1) is 0 Å². The molecule has 0 aromatic heterocycles. The lowest BCUT2D eigenvalue weighted by atomic mass is 9.78. The first-order valence-corrected chi connectivity index (χ1v) is 6.90. The predicted octanol–water partition coefficient (Wildman–Crippen LogP) is 4.77. The van der Waals surface area contributed by atoms with Crippen molar-refractivity contribution in [2.24, 2.45) is 0 Å². The van der Waals surface area contributed by atoms with Gasteiger partial charge >= 0.3 is 0 Å². The molecule has 0 radical (unpaired) electrons. The topological polar surface area (TPSA) is 0 Å². The lowest BCUT2D eigenvalue weighted by Crippen LogP contribution is -2.11. The normalized spacial score (nSPS) is 18.4. The quantitative estimate of drug-likeness (QED) is 0.669. The zero-order valence-electron chi connectivity index (χ0n) is 11.2. The molecule has 92 valence electrons. The predicted molar refractivity (Wildman–Crippen MR) is 77.1 cm³/mol. The van der Waals surface area contributed by atoms with Gasteiger partial charge in [0, 0.05) is 5.92 Å². The zero-order valence-corrected chi connectivity index (χ0v) is 11.2. The molecule has 3 rings (SSSR count). The van der Waals surface area contributed by atoms with E-state index in [-0.39, 0.29) is 0 Å². The second kappa shape index (κ2) is 4.61. The van der Waals surface area contributed by atoms with Crippen LogP contribution in [0.5, 0.6) is 0 Å². The molecule has 2 aromatic carbocycles. The van der Waals surface area contributed by atoms with E-state index in [1.807, 2.05) is 0 Å². The Morgan fingerprint density at radius 2 is 1.67 bits per heavy atom. The maximum atomic E-state index is 2.36. The van der Waals surface area contributed by atoms with Crippen LogP contribution in [0.3, 0.4) is 0 Å². The maximum Gasteiger partial charge on any atom is 0.00923 e. The average Bonchev–Trinajstić information content (AvgIpc) is 2.37. The molecule has 1 aliphatic rings. The van der Waals surface area contributed by atoms with Crippen LogP contribution in [0.2, 0.25) is 0 Å². The van der Waals surface area contributed by atoms with Crippen LogP contribution in [0.25, 0.3) is 0 Å². The Morgan fingerprint density at radius 3 is 2.44 bits per heavy atom. The molecule has 1 unspecified atom stereocenters. The molecular formula is C18H20. The number of hydrogen-bond acceptors (Lipinski definition) is 0. The first kappa shape index (κ1) is 11.5. The average molecular weight is 236 g/mol. The standard InChI is InChI=1S/C18H20/c1-13-10-14(2)12-16(11-13)18-9-5-7-15-6-3-4-8-17(15)18/h3-4,6,8,10-12,18H,5,7,9H2,1-2H3. The Labute approximate surface area is 110 Å². The van der Waals surface area contributed by atoms with Gasteiger partial charge in [-0.25, -0.2) is 0 Å². The van der Waals surface area contributed by atoms with Crippen molar-refractivity contribution < 1.29 is 0 Å². The Hall–Kier alpha value is -1.56. The van der Waals surface area contributed by atoms with Gasteiger partial charge in [0.1, 0.15) is 0 Å². The summed E-state index contributed by atoms with van der Waals surface area (Å²) in [5.74, 6) is 0.605. The molecule has 0 nitrogen and oxygen atoms in total. The molecule has 0 fully saturated rings. The number of aryl methyl sites for hydroxylation is 3. The van der Waals surface area contributed by atoms with Crippen LogP contribution in [0.4, 0.5) is 0 Å². The summed E-state index contributed by atoms with van der Waals surface area (Å²) in [6, 6.07) is 15.9. The highest BCUT2D eigenvalue weighted by Crippen LogP contribution is 2.37. The van der Waals surface area contributed by atoms with Crippen LogP contribution in [0.15, 0.2) is 42.5 Å². The molecule has 0 amide bonds. The fourth-order valence-corrected chi connectivity index (χ4v) is 3.31. The first-order chi connectivity index (χ1) is 8.74. The van der Waals surface area contributed by atoms with Crippen LogP contribution in [0, 0.1) is 13.8 Å². The minimum absolute atomic E-state index is 0.605. The highest BCUT2D eigenvalue weighted by molar-refractivity contribution is 5.42. The van der Waals surface area contributed by atoms with E-state index in [9.17, 15) is 0 Å². The van der Waals surface area contributed by atoms with Gasteiger partial charge in [-0.3, -0.25) is 0 Å². The number of rotatable bonds is 1. The van der Waals surface area contributed by atoms with E-state index in [1.54, 1.807) is 11.1 Å². The zero-order chi connectivity index (χ0) is 12.5. The SMILES string of the molecule is Cc1cc(C)cc(C2CCCc3ccccc32)c1. The summed E-state index contributed by atoms with van der Waals surface area (Å²) in [6.45, 7) is 4.40. The van der Waals surface area contributed by atoms with Gasteiger partial charge in [0.15, 0.2) is 0 Å². The third-order valence-electron chi connectivity index (χ3n) is 4.02. The third-order valence-corrected chi connectivity index (χ3v) is 4.02. The Morgan fingerprint density at radius 1 is 0.944 bits per heavy atom. The van der Waals surface area contributed by atoms with Crippen molar-refractivity contribution in [3.63, 3.8) is 0 Å². The van der Waals surface area contributed by atoms with Crippen molar-refractivity contribution in [2.75, 3.05) is 0 Å². The molecule has 0 aliphatic heterocycles. The smallest absolute Gasteiger partial charge is 0.00923 e. The van der Waals surface area contributed by atoms with E-state index in [2.05, 4.69) is 56.3 Å². The first-order valence-electron chi connectivity index (χ1n) is 6.90. The summed E-state index contributed by atoms with van der Waals surface area (Å²) in [5.41, 5.74) is 7.36. The minimum Gasteiger partial charge on any atom is -0.0620 e. The van der Waals surface area contributed by atoms with Crippen molar-refractivity contribution in [3.8, 4) is 0 Å². The van der Waals surface area contributed by atoms with Gasteiger partial charge in [-0.1, -0.05) is 53.6 Å². The van der Waals surface area contributed by atoms with Gasteiger partial charge < -0.3 is 0 Å². The number of fused-ring (bicyclic) bond motifs is 1. The summed E-state index contributed by atoms with van der Waals surface area (Å²) in [5, 5.41) is 0. The third kappa shape index (κ3) is 2.08. The van der Waals surface area contributed by atoms with Gasteiger partial charge in [0.25, 0.3) is 0 Å². The van der Waals surface area contributed by atoms with Crippen LogP contribution < -0.4 is 0 Å². The molecule has 0 heterocycles. The lowest BCUT2D eigenvalue weighted by molar-refractivity contribution is 0.615. The van der Waals surface area contributed by atoms with E-state index in [1.165, 1.54) is 36.0 Å². The second-order valence-electron chi connectivity index (χ2n) is 5.56. The summed E-state index contributed by atoms with van der Waals surface area (Å²) in [4.78, 5) is 0. The molecular weight excluding hydrogens is 216 g/mol. The molecule has 0 bridgehead atoms. The Kier molecular flexibility index (Phi) is 2.95. The van der Waals surface area contributed by atoms with E-state index in [0.29, 0.717) is 5.92 Å². The molecule has 0 saturated carbocycles. The van der Waals surface area contributed by atoms with Gasteiger partial charge in [-0.15, -0.1) is 0 Å². The fourth-order valence-electron chi connectivity index (χ4n) is 3.31. The highest BCUT2D eigenvalue weighted by Gasteiger charge is 2.21. The summed E-state index contributed by atoms with van der Waals surface area (Å²) in [6.07, 6.45) is 3.85. The largest absolute Gasteiger partial charge is 0.0620 e. The molecule has 0 heteroatoms. The van der Waals surface area contributed by atoms with Crippen molar-refractivity contribution in [1.29, 1.82) is 0 Å². The van der Waals surface area contributed by atoms with Crippen molar-refractivity contribution >= 4 is 0 Å². The summed E-state index contributed by atoms with van der Waals surface area (Å²) < 4.78 is 0. The molecule has 0 saturated heterocycles. The molecule has 1 aliphatic carbocycles. The van der Waals surface area contributed by atoms with Crippen LogP contribution in [-0.2, 0) is 6.42 Å². The molecule has 18 heavy (non-hydrogen) atoms. The van der Waals surface area contributed by atoms with Crippen molar-refractivity contribution in [1.82, 2.24) is 0 Å². The lowest BCUT2D eigenvalue weighted by Gasteiger charge is -2.26. The monoisotopic (exact) mass is 236 g/mol.